The zero-order chi connectivity index (χ0) is 14.7. The van der Waals surface area contributed by atoms with Crippen LogP contribution in [0, 0.1) is 0 Å². The highest BCUT2D eigenvalue weighted by molar-refractivity contribution is 5.83. The molecule has 4 nitrogen and oxygen atoms in total. The molecule has 114 valence electrons. The lowest BCUT2D eigenvalue weighted by molar-refractivity contribution is -0.0269. The van der Waals surface area contributed by atoms with Crippen LogP contribution < -0.4 is 5.32 Å². The molecule has 3 rings (SSSR count). The van der Waals surface area contributed by atoms with Gasteiger partial charge in [0.25, 0.3) is 0 Å². The van der Waals surface area contributed by atoms with E-state index in [1.165, 1.54) is 16.5 Å². The first-order chi connectivity index (χ1) is 10.3. The highest BCUT2D eigenvalue weighted by atomic mass is 16.5. The summed E-state index contributed by atoms with van der Waals surface area (Å²) in [6, 6.07) is 8.80. The molecule has 1 aromatic heterocycles. The second-order valence-corrected chi connectivity index (χ2v) is 5.85. The van der Waals surface area contributed by atoms with Crippen molar-refractivity contribution in [1.29, 1.82) is 0 Å². The highest BCUT2D eigenvalue weighted by Gasteiger charge is 2.18. The van der Waals surface area contributed by atoms with E-state index < -0.39 is 0 Å². The Kier molecular flexibility index (Phi) is 4.58. The zero-order valence-corrected chi connectivity index (χ0v) is 13.0. The van der Waals surface area contributed by atoms with Crippen molar-refractivity contribution < 1.29 is 4.74 Å². The molecule has 0 bridgehead atoms. The predicted octanol–water partition coefficient (Wildman–Crippen LogP) is 2.08. The third-order valence-corrected chi connectivity index (χ3v) is 4.21. The average Bonchev–Trinajstić information content (AvgIpc) is 2.89. The minimum Gasteiger partial charge on any atom is -0.374 e. The molecule has 1 fully saturated rings. The van der Waals surface area contributed by atoms with Crippen LogP contribution in [0.25, 0.3) is 10.9 Å². The summed E-state index contributed by atoms with van der Waals surface area (Å²) < 4.78 is 8.22. The first-order valence-electron chi connectivity index (χ1n) is 7.85. The molecule has 2 aromatic rings. The second-order valence-electron chi connectivity index (χ2n) is 5.85. The van der Waals surface area contributed by atoms with Gasteiger partial charge in [-0.2, -0.15) is 0 Å². The van der Waals surface area contributed by atoms with Gasteiger partial charge in [-0.15, -0.1) is 0 Å². The Bertz CT molecular complexity index is 593. The van der Waals surface area contributed by atoms with E-state index in [0.717, 1.165) is 39.3 Å². The molecule has 1 unspecified atom stereocenters. The van der Waals surface area contributed by atoms with E-state index in [-0.39, 0.29) is 6.10 Å². The van der Waals surface area contributed by atoms with Crippen LogP contribution in [0.3, 0.4) is 0 Å². The molecule has 1 saturated heterocycles. The summed E-state index contributed by atoms with van der Waals surface area (Å²) in [4.78, 5) is 2.34. The molecule has 0 radical (unpaired) electrons. The molecule has 1 aliphatic heterocycles. The number of aromatic nitrogens is 1. The van der Waals surface area contributed by atoms with Crippen LogP contribution in [0.5, 0.6) is 0 Å². The molecular formula is C17H25N3O. The average molecular weight is 287 g/mol. The number of rotatable bonds is 5. The van der Waals surface area contributed by atoms with Crippen molar-refractivity contribution >= 4 is 10.9 Å². The van der Waals surface area contributed by atoms with Crippen LogP contribution in [-0.2, 0) is 17.8 Å². The van der Waals surface area contributed by atoms with E-state index in [2.05, 4.69) is 59.2 Å². The SMILES string of the molecule is CCNCc1cccc2c1ccn2CC1CN(C)CCO1. The summed E-state index contributed by atoms with van der Waals surface area (Å²) in [7, 11) is 2.16. The van der Waals surface area contributed by atoms with Gasteiger partial charge in [0.2, 0.25) is 0 Å². The van der Waals surface area contributed by atoms with Gasteiger partial charge < -0.3 is 19.5 Å². The minimum atomic E-state index is 0.289. The van der Waals surface area contributed by atoms with Gasteiger partial charge in [-0.1, -0.05) is 19.1 Å². The van der Waals surface area contributed by atoms with Crippen molar-refractivity contribution in [3.8, 4) is 0 Å². The number of benzene rings is 1. The Hall–Kier alpha value is -1.36. The Morgan fingerprint density at radius 3 is 3.05 bits per heavy atom. The fourth-order valence-electron chi connectivity index (χ4n) is 3.06. The molecule has 21 heavy (non-hydrogen) atoms. The Balaban J connectivity index is 1.80. The molecule has 4 heteroatoms. The molecule has 1 aliphatic rings. The number of hydrogen-bond donors (Lipinski definition) is 1. The third kappa shape index (κ3) is 3.28. The maximum atomic E-state index is 5.89. The lowest BCUT2D eigenvalue weighted by Gasteiger charge is -2.30. The van der Waals surface area contributed by atoms with E-state index in [9.17, 15) is 0 Å². The molecule has 0 spiro atoms. The van der Waals surface area contributed by atoms with Gasteiger partial charge in [0, 0.05) is 36.7 Å². The van der Waals surface area contributed by atoms with Gasteiger partial charge in [0.05, 0.1) is 19.3 Å². The third-order valence-electron chi connectivity index (χ3n) is 4.21. The number of fused-ring (bicyclic) bond motifs is 1. The molecule has 1 N–H and O–H groups in total. The molecule has 1 atom stereocenters. The summed E-state index contributed by atoms with van der Waals surface area (Å²) in [6.45, 7) is 7.89. The quantitative estimate of drug-likeness (QED) is 0.913. The normalized spacial score (nSPS) is 20.2. The number of hydrogen-bond acceptors (Lipinski definition) is 3. The molecule has 0 amide bonds. The van der Waals surface area contributed by atoms with Crippen molar-refractivity contribution in [2.45, 2.75) is 26.1 Å². The Labute approximate surface area is 126 Å². The molecule has 1 aromatic carbocycles. The molecular weight excluding hydrogens is 262 g/mol. The fourth-order valence-corrected chi connectivity index (χ4v) is 3.06. The monoisotopic (exact) mass is 287 g/mol. The molecule has 0 saturated carbocycles. The number of nitrogens with zero attached hydrogens (tertiary/aromatic N) is 2. The number of likely N-dealkylation sites (N-methyl/N-ethyl adjacent to an activating group) is 1. The van der Waals surface area contributed by atoms with E-state index in [1.807, 2.05) is 0 Å². The van der Waals surface area contributed by atoms with Crippen LogP contribution in [0.1, 0.15) is 12.5 Å². The number of nitrogens with one attached hydrogen (secondary N) is 1. The Morgan fingerprint density at radius 1 is 1.33 bits per heavy atom. The minimum absolute atomic E-state index is 0.289. The lowest BCUT2D eigenvalue weighted by atomic mass is 10.1. The van der Waals surface area contributed by atoms with E-state index >= 15 is 0 Å². The summed E-state index contributed by atoms with van der Waals surface area (Å²) >= 11 is 0. The first-order valence-corrected chi connectivity index (χ1v) is 7.85. The number of morpholine rings is 1. The summed E-state index contributed by atoms with van der Waals surface area (Å²) in [6.07, 6.45) is 2.48. The van der Waals surface area contributed by atoms with Crippen molar-refractivity contribution in [2.24, 2.45) is 0 Å². The van der Waals surface area contributed by atoms with Gasteiger partial charge in [0.1, 0.15) is 0 Å². The maximum Gasteiger partial charge on any atom is 0.0881 e. The first kappa shape index (κ1) is 14.6. The summed E-state index contributed by atoms with van der Waals surface area (Å²) in [5.41, 5.74) is 2.68. The summed E-state index contributed by atoms with van der Waals surface area (Å²) in [5, 5.41) is 4.76. The largest absolute Gasteiger partial charge is 0.374 e. The molecule has 2 heterocycles. The summed E-state index contributed by atoms with van der Waals surface area (Å²) in [5.74, 6) is 0. The molecule has 0 aliphatic carbocycles. The van der Waals surface area contributed by atoms with Crippen LogP contribution in [-0.4, -0.2) is 48.9 Å². The van der Waals surface area contributed by atoms with Gasteiger partial charge >= 0.3 is 0 Å². The van der Waals surface area contributed by atoms with Gasteiger partial charge in [-0.3, -0.25) is 0 Å². The van der Waals surface area contributed by atoms with E-state index in [1.54, 1.807) is 0 Å². The van der Waals surface area contributed by atoms with Crippen molar-refractivity contribution in [3.63, 3.8) is 0 Å². The van der Waals surface area contributed by atoms with Crippen molar-refractivity contribution in [1.82, 2.24) is 14.8 Å². The van der Waals surface area contributed by atoms with Gasteiger partial charge in [-0.25, -0.2) is 0 Å². The standard InChI is InChI=1S/C17H25N3O/c1-3-18-11-14-5-4-6-17-16(14)7-8-20(17)13-15-12-19(2)9-10-21-15/h4-8,15,18H,3,9-13H2,1-2H3. The Morgan fingerprint density at radius 2 is 2.24 bits per heavy atom. The second kappa shape index (κ2) is 6.60. The predicted molar refractivity (Wildman–Crippen MR) is 86.6 cm³/mol. The van der Waals surface area contributed by atoms with E-state index in [4.69, 9.17) is 4.74 Å². The number of ether oxygens (including phenoxy) is 1. The maximum absolute atomic E-state index is 5.89. The topological polar surface area (TPSA) is 29.4 Å². The van der Waals surface area contributed by atoms with Crippen LogP contribution in [0.4, 0.5) is 0 Å². The van der Waals surface area contributed by atoms with Gasteiger partial charge in [-0.05, 0) is 31.3 Å². The zero-order valence-electron chi connectivity index (χ0n) is 13.0. The van der Waals surface area contributed by atoms with Crippen molar-refractivity contribution in [2.75, 3.05) is 33.3 Å². The lowest BCUT2D eigenvalue weighted by Crippen LogP contribution is -2.41. The highest BCUT2D eigenvalue weighted by Crippen LogP contribution is 2.21. The van der Waals surface area contributed by atoms with Crippen LogP contribution in [0.15, 0.2) is 30.5 Å². The van der Waals surface area contributed by atoms with Crippen LogP contribution >= 0.6 is 0 Å². The van der Waals surface area contributed by atoms with Crippen LogP contribution in [0.2, 0.25) is 0 Å². The van der Waals surface area contributed by atoms with Crippen molar-refractivity contribution in [3.05, 3.63) is 36.0 Å². The van der Waals surface area contributed by atoms with Gasteiger partial charge in [0.15, 0.2) is 0 Å². The fraction of sp³-hybridized carbons (Fsp3) is 0.529. The smallest absolute Gasteiger partial charge is 0.0881 e. The van der Waals surface area contributed by atoms with E-state index in [0.29, 0.717) is 0 Å².